The van der Waals surface area contributed by atoms with Crippen LogP contribution in [0.15, 0.2) is 53.0 Å². The highest BCUT2D eigenvalue weighted by atomic mass is 79.9. The number of amides is 1. The van der Waals surface area contributed by atoms with E-state index in [-0.39, 0.29) is 0 Å². The Balaban J connectivity index is 1.96. The summed E-state index contributed by atoms with van der Waals surface area (Å²) in [5.74, 6) is -0.113. The number of hydrogen-bond acceptors (Lipinski definition) is 4. The summed E-state index contributed by atoms with van der Waals surface area (Å²) in [6.45, 7) is 0. The second-order valence-electron chi connectivity index (χ2n) is 4.04. The van der Waals surface area contributed by atoms with E-state index in [1.165, 1.54) is 31.4 Å². The third kappa shape index (κ3) is 4.32. The molecule has 2 aromatic carbocycles. The summed E-state index contributed by atoms with van der Waals surface area (Å²) < 4.78 is 10.6. The van der Waals surface area contributed by atoms with Gasteiger partial charge in [0.25, 0.3) is 0 Å². The number of ether oxygens (including phenoxy) is 2. The van der Waals surface area contributed by atoms with Crippen LogP contribution in [-0.4, -0.2) is 19.2 Å². The van der Waals surface area contributed by atoms with E-state index in [1.54, 1.807) is 24.3 Å². The van der Waals surface area contributed by atoms with Gasteiger partial charge in [-0.2, -0.15) is 0 Å². The molecule has 1 amide bonds. The molecule has 21 heavy (non-hydrogen) atoms. The summed E-state index contributed by atoms with van der Waals surface area (Å²) in [5, 5.41) is 2.59. The van der Waals surface area contributed by atoms with Crippen molar-refractivity contribution in [2.24, 2.45) is 0 Å². The number of hydrogen-bond donors (Lipinski definition) is 1. The summed E-state index contributed by atoms with van der Waals surface area (Å²) in [6.07, 6.45) is -0.608. The molecule has 0 heterocycles. The van der Waals surface area contributed by atoms with Crippen LogP contribution in [-0.2, 0) is 4.74 Å². The third-order valence-electron chi connectivity index (χ3n) is 2.58. The molecule has 0 atom stereocenters. The first-order valence-corrected chi connectivity index (χ1v) is 6.80. The minimum absolute atomic E-state index is 0.331. The van der Waals surface area contributed by atoms with E-state index in [9.17, 15) is 9.59 Å². The predicted octanol–water partition coefficient (Wildman–Crippen LogP) is 3.85. The van der Waals surface area contributed by atoms with E-state index in [4.69, 9.17) is 4.74 Å². The molecule has 2 aromatic rings. The second kappa shape index (κ2) is 6.90. The summed E-state index contributed by atoms with van der Waals surface area (Å²) in [5.41, 5.74) is 1.01. The Hall–Kier alpha value is -2.34. The van der Waals surface area contributed by atoms with Crippen LogP contribution in [0.1, 0.15) is 10.4 Å². The van der Waals surface area contributed by atoms with E-state index < -0.39 is 12.1 Å². The molecule has 0 aliphatic rings. The van der Waals surface area contributed by atoms with Gasteiger partial charge in [-0.25, -0.2) is 9.59 Å². The van der Waals surface area contributed by atoms with Crippen molar-refractivity contribution in [3.8, 4) is 5.75 Å². The van der Waals surface area contributed by atoms with E-state index in [1.807, 2.05) is 0 Å². The number of esters is 1. The molecule has 0 bridgehead atoms. The molecular weight excluding hydrogens is 338 g/mol. The highest BCUT2D eigenvalue weighted by molar-refractivity contribution is 9.10. The van der Waals surface area contributed by atoms with Crippen LogP contribution in [0.5, 0.6) is 5.75 Å². The van der Waals surface area contributed by atoms with Crippen LogP contribution in [0, 0.1) is 0 Å². The molecule has 2 rings (SSSR count). The number of carbonyl (C=O) groups excluding carboxylic acids is 2. The zero-order valence-electron chi connectivity index (χ0n) is 11.1. The maximum absolute atomic E-state index is 11.7. The largest absolute Gasteiger partial charge is 0.465 e. The fraction of sp³-hybridized carbons (Fsp3) is 0.0667. The molecule has 108 valence electrons. The van der Waals surface area contributed by atoms with Gasteiger partial charge in [-0.05, 0) is 48.5 Å². The van der Waals surface area contributed by atoms with Crippen LogP contribution in [0.2, 0.25) is 0 Å². The summed E-state index contributed by atoms with van der Waals surface area (Å²) >= 11 is 3.31. The minimum atomic E-state index is -0.608. The van der Waals surface area contributed by atoms with Crippen molar-refractivity contribution in [3.63, 3.8) is 0 Å². The standard InChI is InChI=1S/C15H12BrNO4/c1-20-14(18)10-2-8-13(9-3-10)21-15(19)17-12-6-4-11(16)5-7-12/h2-9H,1H3,(H,17,19). The fourth-order valence-corrected chi connectivity index (χ4v) is 1.82. The topological polar surface area (TPSA) is 64.6 Å². The van der Waals surface area contributed by atoms with Crippen molar-refractivity contribution < 1.29 is 19.1 Å². The second-order valence-corrected chi connectivity index (χ2v) is 4.95. The van der Waals surface area contributed by atoms with Crippen LogP contribution in [0.3, 0.4) is 0 Å². The lowest BCUT2D eigenvalue weighted by molar-refractivity contribution is 0.0600. The normalized spacial score (nSPS) is 9.81. The van der Waals surface area contributed by atoms with Crippen LogP contribution >= 0.6 is 15.9 Å². The number of benzene rings is 2. The monoisotopic (exact) mass is 349 g/mol. The smallest absolute Gasteiger partial charge is 0.417 e. The van der Waals surface area contributed by atoms with Crippen LogP contribution < -0.4 is 10.1 Å². The van der Waals surface area contributed by atoms with E-state index in [0.717, 1.165) is 4.47 Å². The van der Waals surface area contributed by atoms with Crippen molar-refractivity contribution >= 4 is 33.7 Å². The van der Waals surface area contributed by atoms with E-state index in [2.05, 4.69) is 26.0 Å². The van der Waals surface area contributed by atoms with Gasteiger partial charge >= 0.3 is 12.1 Å². The van der Waals surface area contributed by atoms with Crippen LogP contribution in [0.4, 0.5) is 10.5 Å². The van der Waals surface area contributed by atoms with Gasteiger partial charge in [0.2, 0.25) is 0 Å². The Bertz CT molecular complexity index is 638. The predicted molar refractivity (Wildman–Crippen MR) is 81.6 cm³/mol. The van der Waals surface area contributed by atoms with Crippen molar-refractivity contribution in [2.75, 3.05) is 12.4 Å². The average Bonchev–Trinajstić information content (AvgIpc) is 2.49. The molecule has 5 nitrogen and oxygen atoms in total. The highest BCUT2D eigenvalue weighted by Crippen LogP contribution is 2.16. The van der Waals surface area contributed by atoms with E-state index >= 15 is 0 Å². The Morgan fingerprint density at radius 1 is 1.00 bits per heavy atom. The first-order chi connectivity index (χ1) is 10.1. The lowest BCUT2D eigenvalue weighted by Gasteiger charge is -2.07. The fourth-order valence-electron chi connectivity index (χ4n) is 1.56. The number of rotatable bonds is 3. The number of halogens is 1. The first-order valence-electron chi connectivity index (χ1n) is 6.01. The molecule has 0 spiro atoms. The SMILES string of the molecule is COC(=O)c1ccc(OC(=O)Nc2ccc(Br)cc2)cc1. The molecule has 6 heteroatoms. The van der Waals surface area contributed by atoms with Gasteiger partial charge in [-0.1, -0.05) is 15.9 Å². The summed E-state index contributed by atoms with van der Waals surface area (Å²) in [6, 6.07) is 13.2. The number of carbonyl (C=O) groups is 2. The molecule has 0 saturated heterocycles. The Morgan fingerprint density at radius 3 is 2.19 bits per heavy atom. The van der Waals surface area contributed by atoms with Gasteiger partial charge in [0.05, 0.1) is 12.7 Å². The molecule has 0 fully saturated rings. The third-order valence-corrected chi connectivity index (χ3v) is 3.11. The maximum Gasteiger partial charge on any atom is 0.417 e. The van der Waals surface area contributed by atoms with E-state index in [0.29, 0.717) is 17.0 Å². The lowest BCUT2D eigenvalue weighted by atomic mass is 10.2. The average molecular weight is 350 g/mol. The van der Waals surface area contributed by atoms with Gasteiger partial charge in [-0.3, -0.25) is 5.32 Å². The summed E-state index contributed by atoms with van der Waals surface area (Å²) in [4.78, 5) is 23.0. The zero-order valence-corrected chi connectivity index (χ0v) is 12.7. The van der Waals surface area contributed by atoms with Gasteiger partial charge in [0, 0.05) is 10.2 Å². The molecule has 0 aliphatic carbocycles. The van der Waals surface area contributed by atoms with Crippen molar-refractivity contribution in [1.82, 2.24) is 0 Å². The summed E-state index contributed by atoms with van der Waals surface area (Å²) in [7, 11) is 1.30. The zero-order chi connectivity index (χ0) is 15.2. The highest BCUT2D eigenvalue weighted by Gasteiger charge is 2.08. The maximum atomic E-state index is 11.7. The Morgan fingerprint density at radius 2 is 1.62 bits per heavy atom. The molecule has 0 saturated carbocycles. The van der Waals surface area contributed by atoms with Gasteiger partial charge in [0.1, 0.15) is 5.75 Å². The molecule has 1 N–H and O–H groups in total. The van der Waals surface area contributed by atoms with Gasteiger partial charge < -0.3 is 9.47 Å². The molecular formula is C15H12BrNO4. The van der Waals surface area contributed by atoms with Crippen molar-refractivity contribution in [1.29, 1.82) is 0 Å². The van der Waals surface area contributed by atoms with Crippen molar-refractivity contribution in [2.45, 2.75) is 0 Å². The Labute approximate surface area is 130 Å². The molecule has 0 radical (unpaired) electrons. The lowest BCUT2D eigenvalue weighted by Crippen LogP contribution is -2.16. The number of nitrogens with one attached hydrogen (secondary N) is 1. The number of anilines is 1. The molecule has 0 unspecified atom stereocenters. The van der Waals surface area contributed by atoms with Crippen LogP contribution in [0.25, 0.3) is 0 Å². The van der Waals surface area contributed by atoms with Gasteiger partial charge in [0.15, 0.2) is 0 Å². The number of methoxy groups -OCH3 is 1. The van der Waals surface area contributed by atoms with Gasteiger partial charge in [-0.15, -0.1) is 0 Å². The van der Waals surface area contributed by atoms with Crippen molar-refractivity contribution in [3.05, 3.63) is 58.6 Å². The quantitative estimate of drug-likeness (QED) is 0.854. The molecule has 0 aliphatic heterocycles. The molecule has 0 aromatic heterocycles. The first kappa shape index (κ1) is 15.1. The minimum Gasteiger partial charge on any atom is -0.465 e. The Kier molecular flexibility index (Phi) is 4.94.